The van der Waals surface area contributed by atoms with Gasteiger partial charge in [0.1, 0.15) is 12.4 Å². The molecule has 2 rings (SSSR count). The number of rotatable bonds is 4. The number of aliphatic hydroxyl groups excluding tert-OH is 1. The Hall–Kier alpha value is -2.31. The van der Waals surface area contributed by atoms with Crippen molar-refractivity contribution in [3.05, 3.63) is 54.1 Å². The van der Waals surface area contributed by atoms with E-state index in [0.717, 1.165) is 16.9 Å². The van der Waals surface area contributed by atoms with Crippen LogP contribution in [0.3, 0.4) is 0 Å². The van der Waals surface area contributed by atoms with Gasteiger partial charge < -0.3 is 9.84 Å². The number of hydrogen-bond donors (Lipinski definition) is 1. The van der Waals surface area contributed by atoms with E-state index in [0.29, 0.717) is 5.56 Å². The standard InChI is InChI=1S/C16H15NO2/c1-12(18)11-19-16-8-6-15(7-9-16)14-4-2-13(10-17)3-5-14/h2-9,12,18H,11H2,1H3. The van der Waals surface area contributed by atoms with Gasteiger partial charge in [0.15, 0.2) is 0 Å². The second-order valence-corrected chi connectivity index (χ2v) is 4.37. The first kappa shape index (κ1) is 13.1. The average Bonchev–Trinajstić information content (AvgIpc) is 2.46. The van der Waals surface area contributed by atoms with Gasteiger partial charge in [-0.25, -0.2) is 0 Å². The Kier molecular flexibility index (Phi) is 4.17. The number of aliphatic hydroxyl groups is 1. The van der Waals surface area contributed by atoms with Crippen molar-refractivity contribution >= 4 is 0 Å². The molecule has 0 fully saturated rings. The lowest BCUT2D eigenvalue weighted by molar-refractivity contribution is 0.123. The third-order valence-corrected chi connectivity index (χ3v) is 2.69. The summed E-state index contributed by atoms with van der Waals surface area (Å²) in [5.41, 5.74) is 2.77. The maximum absolute atomic E-state index is 9.14. The third kappa shape index (κ3) is 3.57. The molecule has 1 atom stereocenters. The Morgan fingerprint density at radius 3 is 2.05 bits per heavy atom. The molecule has 0 bridgehead atoms. The van der Waals surface area contributed by atoms with E-state index in [9.17, 15) is 0 Å². The Balaban J connectivity index is 2.11. The molecule has 0 saturated heterocycles. The first-order valence-electron chi connectivity index (χ1n) is 6.10. The van der Waals surface area contributed by atoms with Gasteiger partial charge >= 0.3 is 0 Å². The van der Waals surface area contributed by atoms with Gasteiger partial charge in [-0.05, 0) is 42.3 Å². The van der Waals surface area contributed by atoms with E-state index in [1.807, 2.05) is 36.4 Å². The summed E-state index contributed by atoms with van der Waals surface area (Å²) in [5.74, 6) is 0.735. The van der Waals surface area contributed by atoms with Gasteiger partial charge in [-0.1, -0.05) is 24.3 Å². The van der Waals surface area contributed by atoms with E-state index in [1.165, 1.54) is 0 Å². The molecule has 0 radical (unpaired) electrons. The van der Waals surface area contributed by atoms with E-state index in [1.54, 1.807) is 19.1 Å². The molecule has 0 spiro atoms. The minimum absolute atomic E-state index is 0.288. The van der Waals surface area contributed by atoms with Gasteiger partial charge in [0.05, 0.1) is 17.7 Å². The van der Waals surface area contributed by atoms with Crippen molar-refractivity contribution in [2.24, 2.45) is 0 Å². The molecule has 96 valence electrons. The molecular formula is C16H15NO2. The van der Waals surface area contributed by atoms with Gasteiger partial charge in [0.2, 0.25) is 0 Å². The van der Waals surface area contributed by atoms with Crippen LogP contribution in [-0.2, 0) is 0 Å². The van der Waals surface area contributed by atoms with Crippen molar-refractivity contribution in [2.75, 3.05) is 6.61 Å². The minimum Gasteiger partial charge on any atom is -0.491 e. The van der Waals surface area contributed by atoms with Crippen LogP contribution in [0.15, 0.2) is 48.5 Å². The first-order valence-corrected chi connectivity index (χ1v) is 6.10. The fourth-order valence-electron chi connectivity index (χ4n) is 1.70. The number of hydrogen-bond acceptors (Lipinski definition) is 3. The molecule has 2 aromatic rings. The quantitative estimate of drug-likeness (QED) is 0.911. The molecule has 1 N–H and O–H groups in total. The van der Waals surface area contributed by atoms with Gasteiger partial charge in [0.25, 0.3) is 0 Å². The summed E-state index contributed by atoms with van der Waals surface area (Å²) >= 11 is 0. The number of ether oxygens (including phenoxy) is 1. The topological polar surface area (TPSA) is 53.2 Å². The predicted octanol–water partition coefficient (Wildman–Crippen LogP) is 2.98. The Labute approximate surface area is 112 Å². The van der Waals surface area contributed by atoms with Crippen LogP contribution >= 0.6 is 0 Å². The van der Waals surface area contributed by atoms with Crippen LogP contribution in [0.25, 0.3) is 11.1 Å². The van der Waals surface area contributed by atoms with Crippen LogP contribution in [0.1, 0.15) is 12.5 Å². The van der Waals surface area contributed by atoms with Crippen molar-refractivity contribution in [3.63, 3.8) is 0 Å². The fraction of sp³-hybridized carbons (Fsp3) is 0.188. The van der Waals surface area contributed by atoms with Gasteiger partial charge in [-0.15, -0.1) is 0 Å². The molecule has 0 aliphatic rings. The van der Waals surface area contributed by atoms with Crippen LogP contribution in [0.5, 0.6) is 5.75 Å². The van der Waals surface area contributed by atoms with Crippen LogP contribution in [-0.4, -0.2) is 17.8 Å². The van der Waals surface area contributed by atoms with Crippen LogP contribution in [0.4, 0.5) is 0 Å². The molecule has 2 aromatic carbocycles. The maximum Gasteiger partial charge on any atom is 0.119 e. The second kappa shape index (κ2) is 6.03. The summed E-state index contributed by atoms with van der Waals surface area (Å²) in [4.78, 5) is 0. The Morgan fingerprint density at radius 2 is 1.58 bits per heavy atom. The maximum atomic E-state index is 9.14. The van der Waals surface area contributed by atoms with Crippen molar-refractivity contribution in [1.29, 1.82) is 5.26 Å². The Bertz CT molecular complexity index is 565. The SMILES string of the molecule is CC(O)COc1ccc(-c2ccc(C#N)cc2)cc1. The van der Waals surface area contributed by atoms with E-state index >= 15 is 0 Å². The second-order valence-electron chi connectivity index (χ2n) is 4.37. The summed E-state index contributed by atoms with van der Waals surface area (Å²) < 4.78 is 5.40. The molecule has 19 heavy (non-hydrogen) atoms. The normalized spacial score (nSPS) is 11.6. The molecule has 0 aliphatic heterocycles. The lowest BCUT2D eigenvalue weighted by atomic mass is 10.0. The molecular weight excluding hydrogens is 238 g/mol. The summed E-state index contributed by atoms with van der Waals surface area (Å²) in [6.07, 6.45) is -0.474. The van der Waals surface area contributed by atoms with Gasteiger partial charge in [0, 0.05) is 0 Å². The molecule has 0 aromatic heterocycles. The zero-order valence-corrected chi connectivity index (χ0v) is 10.7. The monoisotopic (exact) mass is 253 g/mol. The largest absolute Gasteiger partial charge is 0.491 e. The predicted molar refractivity (Wildman–Crippen MR) is 73.8 cm³/mol. The number of nitrogens with zero attached hydrogens (tertiary/aromatic N) is 1. The molecule has 0 amide bonds. The molecule has 0 aliphatic carbocycles. The van der Waals surface area contributed by atoms with Crippen molar-refractivity contribution < 1.29 is 9.84 Å². The van der Waals surface area contributed by atoms with Crippen LogP contribution < -0.4 is 4.74 Å². The van der Waals surface area contributed by atoms with E-state index in [-0.39, 0.29) is 6.61 Å². The molecule has 0 saturated carbocycles. The first-order chi connectivity index (χ1) is 9.19. The highest BCUT2D eigenvalue weighted by Crippen LogP contribution is 2.22. The summed E-state index contributed by atoms with van der Waals surface area (Å²) in [6.45, 7) is 1.97. The third-order valence-electron chi connectivity index (χ3n) is 2.69. The van der Waals surface area contributed by atoms with Crippen molar-refractivity contribution in [1.82, 2.24) is 0 Å². The van der Waals surface area contributed by atoms with E-state index in [2.05, 4.69) is 6.07 Å². The number of nitriles is 1. The zero-order chi connectivity index (χ0) is 13.7. The molecule has 3 heteroatoms. The molecule has 1 unspecified atom stereocenters. The molecule has 3 nitrogen and oxygen atoms in total. The van der Waals surface area contributed by atoms with Gasteiger partial charge in [-0.2, -0.15) is 5.26 Å². The molecule has 0 heterocycles. The van der Waals surface area contributed by atoms with Crippen molar-refractivity contribution in [3.8, 4) is 22.9 Å². The number of benzene rings is 2. The Morgan fingerprint density at radius 1 is 1.05 bits per heavy atom. The zero-order valence-electron chi connectivity index (χ0n) is 10.7. The van der Waals surface area contributed by atoms with Crippen molar-refractivity contribution in [2.45, 2.75) is 13.0 Å². The lowest BCUT2D eigenvalue weighted by Gasteiger charge is -2.09. The van der Waals surface area contributed by atoms with E-state index < -0.39 is 6.10 Å². The van der Waals surface area contributed by atoms with Gasteiger partial charge in [-0.3, -0.25) is 0 Å². The average molecular weight is 253 g/mol. The van der Waals surface area contributed by atoms with Crippen LogP contribution in [0, 0.1) is 11.3 Å². The highest BCUT2D eigenvalue weighted by Gasteiger charge is 2.01. The summed E-state index contributed by atoms with van der Waals surface area (Å²) in [6, 6.07) is 17.2. The van der Waals surface area contributed by atoms with E-state index in [4.69, 9.17) is 15.1 Å². The smallest absolute Gasteiger partial charge is 0.119 e. The van der Waals surface area contributed by atoms with Crippen LogP contribution in [0.2, 0.25) is 0 Å². The fourth-order valence-corrected chi connectivity index (χ4v) is 1.70. The summed E-state index contributed by atoms with van der Waals surface area (Å²) in [7, 11) is 0. The lowest BCUT2D eigenvalue weighted by Crippen LogP contribution is -2.12. The summed E-state index contributed by atoms with van der Waals surface area (Å²) in [5, 5.41) is 17.9. The minimum atomic E-state index is -0.474. The highest BCUT2D eigenvalue weighted by molar-refractivity contribution is 5.64. The highest BCUT2D eigenvalue weighted by atomic mass is 16.5.